The van der Waals surface area contributed by atoms with Crippen molar-refractivity contribution in [2.45, 2.75) is 25.3 Å². The average Bonchev–Trinajstić information content (AvgIpc) is 2.99. The van der Waals surface area contributed by atoms with Crippen LogP contribution in [0.15, 0.2) is 76.4 Å². The predicted molar refractivity (Wildman–Crippen MR) is 118 cm³/mol. The summed E-state index contributed by atoms with van der Waals surface area (Å²) in [6, 6.07) is 20.1. The van der Waals surface area contributed by atoms with Crippen molar-refractivity contribution >= 4 is 37.3 Å². The van der Waals surface area contributed by atoms with Crippen LogP contribution in [0.1, 0.15) is 16.7 Å². The molecule has 4 aromatic rings. The van der Waals surface area contributed by atoms with Crippen LogP contribution in [0, 0.1) is 13.8 Å². The quantitative estimate of drug-likeness (QED) is 0.512. The van der Waals surface area contributed by atoms with Gasteiger partial charge in [0.2, 0.25) is 0 Å². The Morgan fingerprint density at radius 3 is 2.45 bits per heavy atom. The molecule has 1 N–H and O–H groups in total. The van der Waals surface area contributed by atoms with Gasteiger partial charge in [-0.3, -0.25) is 14.1 Å². The molecular formula is C22H20N2O3S2. The first kappa shape index (κ1) is 19.4. The van der Waals surface area contributed by atoms with Crippen molar-refractivity contribution in [1.82, 2.24) is 4.57 Å². The number of thiazole rings is 1. The topological polar surface area (TPSA) is 68.2 Å². The standard InChI is InChI=1S/C22H20N2O3S2/c1-15-8-10-19(16(2)12-15)23-29(26,27)18-9-11-20-21(13-18)28-22(25)24(20)14-17-6-4-3-5-7-17/h3-13,23H,14H2,1-2H3. The zero-order chi connectivity index (χ0) is 20.6. The molecule has 0 spiro atoms. The summed E-state index contributed by atoms with van der Waals surface area (Å²) in [4.78, 5) is 12.5. The Morgan fingerprint density at radius 2 is 1.72 bits per heavy atom. The Morgan fingerprint density at radius 1 is 0.966 bits per heavy atom. The molecule has 0 atom stereocenters. The maximum Gasteiger partial charge on any atom is 0.308 e. The predicted octanol–water partition coefficient (Wildman–Crippen LogP) is 4.53. The number of hydrogen-bond acceptors (Lipinski definition) is 4. The minimum Gasteiger partial charge on any atom is -0.294 e. The van der Waals surface area contributed by atoms with Crippen LogP contribution in [-0.4, -0.2) is 13.0 Å². The summed E-state index contributed by atoms with van der Waals surface area (Å²) in [7, 11) is -3.76. The summed E-state index contributed by atoms with van der Waals surface area (Å²) in [5.41, 5.74) is 4.21. The Hall–Kier alpha value is -2.90. The molecule has 0 unspecified atom stereocenters. The highest BCUT2D eigenvalue weighted by molar-refractivity contribution is 7.92. The van der Waals surface area contributed by atoms with E-state index in [9.17, 15) is 13.2 Å². The van der Waals surface area contributed by atoms with Gasteiger partial charge in [0.1, 0.15) is 0 Å². The van der Waals surface area contributed by atoms with Crippen LogP contribution < -0.4 is 9.60 Å². The molecule has 0 bridgehead atoms. The molecule has 3 aromatic carbocycles. The largest absolute Gasteiger partial charge is 0.308 e. The maximum absolute atomic E-state index is 12.9. The molecule has 0 aliphatic rings. The van der Waals surface area contributed by atoms with Gasteiger partial charge in [-0.25, -0.2) is 8.42 Å². The highest BCUT2D eigenvalue weighted by Crippen LogP contribution is 2.25. The number of aromatic nitrogens is 1. The third kappa shape index (κ3) is 3.97. The minimum absolute atomic E-state index is 0.110. The summed E-state index contributed by atoms with van der Waals surface area (Å²) in [6.07, 6.45) is 0. The fourth-order valence-electron chi connectivity index (χ4n) is 3.26. The van der Waals surface area contributed by atoms with Crippen molar-refractivity contribution in [2.24, 2.45) is 0 Å². The number of aryl methyl sites for hydroxylation is 2. The van der Waals surface area contributed by atoms with E-state index in [1.54, 1.807) is 28.8 Å². The van der Waals surface area contributed by atoms with Crippen LogP contribution in [-0.2, 0) is 16.6 Å². The third-order valence-electron chi connectivity index (χ3n) is 4.76. The van der Waals surface area contributed by atoms with E-state index < -0.39 is 10.0 Å². The van der Waals surface area contributed by atoms with E-state index >= 15 is 0 Å². The van der Waals surface area contributed by atoms with Gasteiger partial charge in [0.25, 0.3) is 10.0 Å². The van der Waals surface area contributed by atoms with Gasteiger partial charge in [0.05, 0.1) is 27.3 Å². The summed E-state index contributed by atoms with van der Waals surface area (Å²) in [5, 5.41) is 0. The van der Waals surface area contributed by atoms with Crippen LogP contribution in [0.5, 0.6) is 0 Å². The van der Waals surface area contributed by atoms with Crippen LogP contribution >= 0.6 is 11.3 Å². The number of sulfonamides is 1. The first-order valence-corrected chi connectivity index (χ1v) is 11.4. The number of nitrogens with zero attached hydrogens (tertiary/aromatic N) is 1. The lowest BCUT2D eigenvalue weighted by atomic mass is 10.1. The molecule has 0 fully saturated rings. The molecule has 0 saturated heterocycles. The summed E-state index contributed by atoms with van der Waals surface area (Å²) >= 11 is 1.05. The van der Waals surface area contributed by atoms with Crippen molar-refractivity contribution in [2.75, 3.05) is 4.72 Å². The Labute approximate surface area is 173 Å². The van der Waals surface area contributed by atoms with E-state index in [1.807, 2.05) is 56.3 Å². The smallest absolute Gasteiger partial charge is 0.294 e. The molecule has 5 nitrogen and oxygen atoms in total. The Balaban J connectivity index is 1.69. The SMILES string of the molecule is Cc1ccc(NS(=O)(=O)c2ccc3c(c2)sc(=O)n3Cc2ccccc2)c(C)c1. The van der Waals surface area contributed by atoms with E-state index in [0.717, 1.165) is 33.5 Å². The minimum atomic E-state index is -3.76. The third-order valence-corrected chi connectivity index (χ3v) is 7.06. The van der Waals surface area contributed by atoms with E-state index in [1.165, 1.54) is 0 Å². The fourth-order valence-corrected chi connectivity index (χ4v) is 5.42. The molecule has 0 radical (unpaired) electrons. The second-order valence-electron chi connectivity index (χ2n) is 6.99. The molecule has 148 valence electrons. The van der Waals surface area contributed by atoms with Gasteiger partial charge in [-0.2, -0.15) is 0 Å². The van der Waals surface area contributed by atoms with Crippen molar-refractivity contribution in [3.63, 3.8) is 0 Å². The monoisotopic (exact) mass is 424 g/mol. The second kappa shape index (κ2) is 7.50. The van der Waals surface area contributed by atoms with Gasteiger partial charge < -0.3 is 0 Å². The van der Waals surface area contributed by atoms with Crippen molar-refractivity contribution in [1.29, 1.82) is 0 Å². The zero-order valence-electron chi connectivity index (χ0n) is 16.0. The first-order valence-electron chi connectivity index (χ1n) is 9.11. The van der Waals surface area contributed by atoms with Crippen LogP contribution in [0.25, 0.3) is 10.2 Å². The second-order valence-corrected chi connectivity index (χ2v) is 9.67. The van der Waals surface area contributed by atoms with Crippen LogP contribution in [0.4, 0.5) is 5.69 Å². The number of hydrogen-bond donors (Lipinski definition) is 1. The Kier molecular flexibility index (Phi) is 5.02. The average molecular weight is 425 g/mol. The summed E-state index contributed by atoms with van der Waals surface area (Å²) in [6.45, 7) is 4.28. The highest BCUT2D eigenvalue weighted by Gasteiger charge is 2.18. The number of benzene rings is 3. The lowest BCUT2D eigenvalue weighted by molar-refractivity contribution is 0.601. The van der Waals surface area contributed by atoms with Crippen molar-refractivity contribution in [3.05, 3.63) is 93.1 Å². The lowest BCUT2D eigenvalue weighted by Gasteiger charge is -2.11. The number of nitrogens with one attached hydrogen (secondary N) is 1. The van der Waals surface area contributed by atoms with Crippen molar-refractivity contribution < 1.29 is 8.42 Å². The lowest BCUT2D eigenvalue weighted by Crippen LogP contribution is -2.14. The summed E-state index contributed by atoms with van der Waals surface area (Å²) < 4.78 is 30.7. The number of fused-ring (bicyclic) bond motifs is 1. The molecule has 1 heterocycles. The number of rotatable bonds is 5. The van der Waals surface area contributed by atoms with E-state index in [-0.39, 0.29) is 9.77 Å². The normalized spacial score (nSPS) is 11.7. The van der Waals surface area contributed by atoms with E-state index in [4.69, 9.17) is 0 Å². The van der Waals surface area contributed by atoms with Gasteiger partial charge in [0.15, 0.2) is 0 Å². The molecule has 29 heavy (non-hydrogen) atoms. The maximum atomic E-state index is 12.9. The molecule has 7 heteroatoms. The molecule has 0 saturated carbocycles. The van der Waals surface area contributed by atoms with Gasteiger partial charge >= 0.3 is 4.87 Å². The fraction of sp³-hybridized carbons (Fsp3) is 0.136. The van der Waals surface area contributed by atoms with Gasteiger partial charge in [-0.05, 0) is 49.2 Å². The number of anilines is 1. The molecule has 0 aliphatic heterocycles. The van der Waals surface area contributed by atoms with Crippen molar-refractivity contribution in [3.8, 4) is 0 Å². The molecule has 0 amide bonds. The molecule has 4 rings (SSSR count). The zero-order valence-corrected chi connectivity index (χ0v) is 17.7. The van der Waals surface area contributed by atoms with Crippen LogP contribution in [0.2, 0.25) is 0 Å². The van der Waals surface area contributed by atoms with Gasteiger partial charge in [-0.15, -0.1) is 0 Å². The first-order chi connectivity index (χ1) is 13.8. The molecule has 0 aliphatic carbocycles. The molecular weight excluding hydrogens is 404 g/mol. The van der Waals surface area contributed by atoms with Crippen LogP contribution in [0.3, 0.4) is 0 Å². The summed E-state index contributed by atoms with van der Waals surface area (Å²) in [5.74, 6) is 0. The Bertz CT molecular complexity index is 1350. The van der Waals surface area contributed by atoms with E-state index in [2.05, 4.69) is 4.72 Å². The molecule has 1 aromatic heterocycles. The van der Waals surface area contributed by atoms with Gasteiger partial charge in [-0.1, -0.05) is 59.4 Å². The van der Waals surface area contributed by atoms with Gasteiger partial charge in [0, 0.05) is 0 Å². The highest BCUT2D eigenvalue weighted by atomic mass is 32.2. The van der Waals surface area contributed by atoms with E-state index in [0.29, 0.717) is 16.9 Å².